The van der Waals surface area contributed by atoms with E-state index < -0.39 is 31.4 Å². The van der Waals surface area contributed by atoms with Gasteiger partial charge in [-0.3, -0.25) is 23.4 Å². The van der Waals surface area contributed by atoms with Gasteiger partial charge in [0.15, 0.2) is 0 Å². The zero-order chi connectivity index (χ0) is 16.5. The smallest absolute Gasteiger partial charge is 0.351 e. The fourth-order valence-electron chi connectivity index (χ4n) is 2.06. The summed E-state index contributed by atoms with van der Waals surface area (Å²) in [7, 11) is -3.04. The molecule has 1 aliphatic rings. The van der Waals surface area contributed by atoms with Gasteiger partial charge >= 0.3 is 13.5 Å². The van der Waals surface area contributed by atoms with Crippen LogP contribution >= 0.6 is 20.5 Å². The van der Waals surface area contributed by atoms with Gasteiger partial charge in [-0.25, -0.2) is 9.36 Å². The number of aromatic amines is 1. The topological polar surface area (TPSA) is 120 Å². The number of nitrogens with one attached hydrogen (secondary N) is 1. The fourth-order valence-corrected chi connectivity index (χ4v) is 2.83. The zero-order valence-corrected chi connectivity index (χ0v) is 13.8. The molecule has 0 saturated carbocycles. The van der Waals surface area contributed by atoms with Crippen molar-refractivity contribution in [3.05, 3.63) is 32.6 Å². The van der Waals surface area contributed by atoms with E-state index in [4.69, 9.17) is 9.26 Å². The van der Waals surface area contributed by atoms with E-state index in [1.54, 1.807) is 6.92 Å². The Bertz CT molecular complexity index is 702. The average molecular weight is 352 g/mol. The monoisotopic (exact) mass is 352 g/mol. The number of ether oxygens (including phenoxy) is 1. The summed E-state index contributed by atoms with van der Waals surface area (Å²) in [4.78, 5) is 34.6. The predicted octanol–water partition coefficient (Wildman–Crippen LogP) is 0.194. The van der Waals surface area contributed by atoms with E-state index in [2.05, 4.69) is 22.1 Å². The number of hydrogen-bond donors (Lipinski definition) is 3. The van der Waals surface area contributed by atoms with Crippen LogP contribution in [-0.4, -0.2) is 39.5 Å². The molecule has 1 aromatic rings. The normalized spacial score (nSPS) is 27.7. The van der Waals surface area contributed by atoms with Crippen molar-refractivity contribution >= 4 is 20.5 Å². The third-order valence-electron chi connectivity index (χ3n) is 3.29. The molecule has 0 amide bonds. The Morgan fingerprint density at radius 1 is 1.59 bits per heavy atom. The highest BCUT2D eigenvalue weighted by atomic mass is 32.1. The number of nitrogens with zero attached hydrogens (tertiary/aromatic N) is 1. The summed E-state index contributed by atoms with van der Waals surface area (Å²) in [5, 5.41) is -0.305. The van der Waals surface area contributed by atoms with E-state index in [1.165, 1.54) is 10.8 Å². The number of thiol groups is 1. The largest absolute Gasteiger partial charge is 0.472 e. The van der Waals surface area contributed by atoms with Crippen LogP contribution in [0.2, 0.25) is 0 Å². The molecule has 2 heterocycles. The highest BCUT2D eigenvalue weighted by Crippen LogP contribution is 2.43. The Hall–Kier alpha value is -0.900. The van der Waals surface area contributed by atoms with Crippen molar-refractivity contribution in [2.24, 2.45) is 0 Å². The third kappa shape index (κ3) is 3.89. The number of rotatable bonds is 5. The molecule has 0 radical (unpaired) electrons. The van der Waals surface area contributed by atoms with Crippen molar-refractivity contribution in [2.75, 3.05) is 13.7 Å². The van der Waals surface area contributed by atoms with E-state index >= 15 is 0 Å². The summed E-state index contributed by atoms with van der Waals surface area (Å²) in [6.45, 7) is 1.37. The zero-order valence-electron chi connectivity index (χ0n) is 12.0. The van der Waals surface area contributed by atoms with Crippen LogP contribution in [0.4, 0.5) is 0 Å². The second-order valence-electron chi connectivity index (χ2n) is 4.86. The van der Waals surface area contributed by atoms with Gasteiger partial charge < -0.3 is 9.63 Å². The quantitative estimate of drug-likeness (QED) is 0.511. The van der Waals surface area contributed by atoms with Crippen LogP contribution in [-0.2, 0) is 18.3 Å². The summed E-state index contributed by atoms with van der Waals surface area (Å²) < 4.78 is 27.2. The number of H-pyrrole nitrogens is 1. The molecule has 124 valence electrons. The van der Waals surface area contributed by atoms with E-state index in [1.807, 2.05) is 0 Å². The molecule has 2 N–H and O–H groups in total. The van der Waals surface area contributed by atoms with Gasteiger partial charge in [-0.2, -0.15) is 12.6 Å². The maximum Gasteiger partial charge on any atom is 0.472 e. The molecule has 0 aliphatic carbocycles. The molecule has 0 aromatic carbocycles. The number of aromatic nitrogens is 2. The van der Waals surface area contributed by atoms with Gasteiger partial charge in [0, 0.05) is 30.5 Å². The van der Waals surface area contributed by atoms with Crippen LogP contribution in [0.3, 0.4) is 0 Å². The van der Waals surface area contributed by atoms with Crippen molar-refractivity contribution in [3.63, 3.8) is 0 Å². The van der Waals surface area contributed by atoms with E-state index in [0.717, 1.165) is 7.11 Å². The van der Waals surface area contributed by atoms with E-state index in [9.17, 15) is 19.0 Å². The first-order chi connectivity index (χ1) is 10.2. The average Bonchev–Trinajstić information content (AvgIpc) is 2.82. The first-order valence-electron chi connectivity index (χ1n) is 6.42. The minimum absolute atomic E-state index is 0.205. The molecule has 1 saturated heterocycles. The highest BCUT2D eigenvalue weighted by molar-refractivity contribution is 7.81. The Labute approximate surface area is 131 Å². The van der Waals surface area contributed by atoms with Crippen LogP contribution in [0.25, 0.3) is 0 Å². The predicted molar refractivity (Wildman–Crippen MR) is 80.1 cm³/mol. The summed E-state index contributed by atoms with van der Waals surface area (Å²) in [5.74, 6) is 0. The Morgan fingerprint density at radius 3 is 2.91 bits per heavy atom. The van der Waals surface area contributed by atoms with Crippen molar-refractivity contribution in [1.82, 2.24) is 9.55 Å². The van der Waals surface area contributed by atoms with Crippen LogP contribution in [0.1, 0.15) is 18.2 Å². The number of aryl methyl sites for hydroxylation is 1. The molecule has 9 nitrogen and oxygen atoms in total. The summed E-state index contributed by atoms with van der Waals surface area (Å²) in [5.41, 5.74) is -0.673. The number of phosphoric ester groups is 1. The molecule has 2 rings (SSSR count). The van der Waals surface area contributed by atoms with Crippen LogP contribution < -0.4 is 11.2 Å². The van der Waals surface area contributed by atoms with Gasteiger partial charge in [0.05, 0.1) is 12.7 Å². The first kappa shape index (κ1) is 17.5. The molecule has 1 aliphatic heterocycles. The molecule has 11 heteroatoms. The molecule has 1 unspecified atom stereocenters. The standard InChI is InChI=1S/C11H17N2O7PS/c1-6-4-13(11(15)12-10(6)14)9-3-8(22)7(20-9)5-19-21(16,17)18-2/h4,7-9,22H,3,5H2,1-2H3,(H,16,17)(H,12,14,15)/t7-,8+,9-/m1/s1. The summed E-state index contributed by atoms with van der Waals surface area (Å²) in [6, 6.07) is 0. The maximum atomic E-state index is 11.8. The Morgan fingerprint density at radius 2 is 2.27 bits per heavy atom. The lowest BCUT2D eigenvalue weighted by molar-refractivity contribution is -0.0243. The van der Waals surface area contributed by atoms with Gasteiger partial charge in [0.1, 0.15) is 6.23 Å². The lowest BCUT2D eigenvalue weighted by atomic mass is 10.2. The van der Waals surface area contributed by atoms with Gasteiger partial charge in [0.25, 0.3) is 5.56 Å². The molecule has 4 atom stereocenters. The van der Waals surface area contributed by atoms with Gasteiger partial charge in [-0.1, -0.05) is 0 Å². The summed E-state index contributed by atoms with van der Waals surface area (Å²) >= 11 is 4.33. The van der Waals surface area contributed by atoms with Crippen LogP contribution in [0, 0.1) is 6.92 Å². The summed E-state index contributed by atoms with van der Waals surface area (Å²) in [6.07, 6.45) is 0.551. The van der Waals surface area contributed by atoms with Crippen LogP contribution in [0.5, 0.6) is 0 Å². The van der Waals surface area contributed by atoms with E-state index in [0.29, 0.717) is 12.0 Å². The molecule has 1 aromatic heterocycles. The van der Waals surface area contributed by atoms with Gasteiger partial charge in [-0.05, 0) is 6.92 Å². The minimum Gasteiger partial charge on any atom is -0.351 e. The third-order valence-corrected chi connectivity index (χ3v) is 4.77. The minimum atomic E-state index is -4.10. The van der Waals surface area contributed by atoms with Crippen LogP contribution in [0.15, 0.2) is 15.8 Å². The second-order valence-corrected chi connectivity index (χ2v) is 7.08. The molecule has 22 heavy (non-hydrogen) atoms. The fraction of sp³-hybridized carbons (Fsp3) is 0.636. The SMILES string of the molecule is COP(=O)(O)OC[C@H]1O[C@@H](n2cc(C)c(=O)[nH]c2=O)C[C@@H]1S. The van der Waals surface area contributed by atoms with E-state index in [-0.39, 0.29) is 11.9 Å². The maximum absolute atomic E-state index is 11.8. The highest BCUT2D eigenvalue weighted by Gasteiger charge is 2.36. The molecule has 1 fully saturated rings. The Balaban J connectivity index is 2.11. The number of hydrogen-bond acceptors (Lipinski definition) is 7. The lowest BCUT2D eigenvalue weighted by Crippen LogP contribution is -2.33. The number of phosphoric acid groups is 1. The van der Waals surface area contributed by atoms with Crippen molar-refractivity contribution in [2.45, 2.75) is 30.9 Å². The Kier molecular flexibility index (Phi) is 5.31. The lowest BCUT2D eigenvalue weighted by Gasteiger charge is -2.17. The second kappa shape index (κ2) is 6.69. The van der Waals surface area contributed by atoms with Gasteiger partial charge in [0.2, 0.25) is 0 Å². The van der Waals surface area contributed by atoms with Gasteiger partial charge in [-0.15, -0.1) is 0 Å². The van der Waals surface area contributed by atoms with Crippen molar-refractivity contribution in [1.29, 1.82) is 0 Å². The van der Waals surface area contributed by atoms with Crippen molar-refractivity contribution in [3.8, 4) is 0 Å². The molecule has 0 spiro atoms. The van der Waals surface area contributed by atoms with Crippen molar-refractivity contribution < 1.29 is 23.2 Å². The first-order valence-corrected chi connectivity index (χ1v) is 8.43. The molecular formula is C11H17N2O7PS. The molecule has 0 bridgehead atoms. The molecular weight excluding hydrogens is 335 g/mol.